The summed E-state index contributed by atoms with van der Waals surface area (Å²) in [6.45, 7) is 6.37. The van der Waals surface area contributed by atoms with Gasteiger partial charge < -0.3 is 5.41 Å². The molecule has 0 aromatic heterocycles. The molecule has 0 spiro atoms. The maximum Gasteiger partial charge on any atom is 0.0448 e. The van der Waals surface area contributed by atoms with E-state index in [0.29, 0.717) is 5.71 Å². The lowest BCUT2D eigenvalue weighted by molar-refractivity contribution is 0.588. The SMILES string of the molecule is CC(C)(C)C(=N)c1c(C2C=Cc3ccccc32)ccc2ccccc12. The molecule has 3 aromatic carbocycles. The molecule has 1 aliphatic rings. The molecule has 0 amide bonds. The molecule has 3 aromatic rings. The maximum absolute atomic E-state index is 8.93. The average molecular weight is 325 g/mol. The van der Waals surface area contributed by atoms with Crippen LogP contribution in [0.2, 0.25) is 0 Å². The number of hydrogen-bond acceptors (Lipinski definition) is 1. The van der Waals surface area contributed by atoms with Crippen LogP contribution in [0.5, 0.6) is 0 Å². The second kappa shape index (κ2) is 5.70. The fraction of sp³-hybridized carbons (Fsp3) is 0.208. The summed E-state index contributed by atoms with van der Waals surface area (Å²) < 4.78 is 0. The number of allylic oxidation sites excluding steroid dienone is 1. The summed E-state index contributed by atoms with van der Waals surface area (Å²) in [5.74, 6) is 0.221. The standard InChI is InChI=1S/C24H23N/c1-24(2,3)23(25)22-19-11-7-5-9-17(19)13-15-21(22)20-14-12-16-8-4-6-10-18(16)20/h4-15,20,25H,1-3H3. The van der Waals surface area contributed by atoms with Gasteiger partial charge in [0.25, 0.3) is 0 Å². The minimum absolute atomic E-state index is 0.194. The zero-order valence-corrected chi connectivity index (χ0v) is 15.0. The molecule has 0 saturated carbocycles. The fourth-order valence-corrected chi connectivity index (χ4v) is 3.72. The Kier molecular flexibility index (Phi) is 3.61. The summed E-state index contributed by atoms with van der Waals surface area (Å²) in [5.41, 5.74) is 5.46. The van der Waals surface area contributed by atoms with Crippen LogP contribution < -0.4 is 0 Å². The number of hydrogen-bond donors (Lipinski definition) is 1. The van der Waals surface area contributed by atoms with E-state index in [9.17, 15) is 0 Å². The Morgan fingerprint density at radius 1 is 0.840 bits per heavy atom. The van der Waals surface area contributed by atoms with Crippen molar-refractivity contribution in [2.24, 2.45) is 5.41 Å². The molecule has 4 rings (SSSR count). The van der Waals surface area contributed by atoms with Gasteiger partial charge in [0.15, 0.2) is 0 Å². The van der Waals surface area contributed by atoms with Gasteiger partial charge in [0.05, 0.1) is 0 Å². The first-order valence-electron chi connectivity index (χ1n) is 8.85. The molecule has 124 valence electrons. The molecule has 0 saturated heterocycles. The maximum atomic E-state index is 8.93. The monoisotopic (exact) mass is 325 g/mol. The highest BCUT2D eigenvalue weighted by molar-refractivity contribution is 6.13. The Bertz CT molecular complexity index is 1000. The van der Waals surface area contributed by atoms with Gasteiger partial charge in [0.2, 0.25) is 0 Å². The third-order valence-corrected chi connectivity index (χ3v) is 5.10. The Balaban J connectivity index is 1.99. The van der Waals surface area contributed by atoms with Crippen molar-refractivity contribution in [2.75, 3.05) is 0 Å². The van der Waals surface area contributed by atoms with Gasteiger partial charge in [0.1, 0.15) is 0 Å². The molecule has 0 aliphatic heterocycles. The number of nitrogens with one attached hydrogen (secondary N) is 1. The molecule has 1 heteroatoms. The predicted octanol–water partition coefficient (Wildman–Crippen LogP) is 6.41. The third-order valence-electron chi connectivity index (χ3n) is 5.10. The second-order valence-electron chi connectivity index (χ2n) is 7.84. The Hall–Kier alpha value is -2.67. The van der Waals surface area contributed by atoms with Crippen LogP contribution in [0.25, 0.3) is 16.8 Å². The molecule has 0 heterocycles. The Morgan fingerprint density at radius 2 is 1.56 bits per heavy atom. The average Bonchev–Trinajstić information content (AvgIpc) is 3.03. The van der Waals surface area contributed by atoms with Gasteiger partial charge in [-0.1, -0.05) is 93.6 Å². The van der Waals surface area contributed by atoms with E-state index in [-0.39, 0.29) is 11.3 Å². The summed E-state index contributed by atoms with van der Waals surface area (Å²) in [6.07, 6.45) is 4.48. The minimum Gasteiger partial charge on any atom is -0.304 e. The van der Waals surface area contributed by atoms with Crippen molar-refractivity contribution in [3.8, 4) is 0 Å². The van der Waals surface area contributed by atoms with Crippen LogP contribution in [0.15, 0.2) is 66.7 Å². The van der Waals surface area contributed by atoms with Crippen LogP contribution in [0, 0.1) is 10.8 Å². The van der Waals surface area contributed by atoms with Gasteiger partial charge in [0, 0.05) is 22.6 Å². The van der Waals surface area contributed by atoms with Crippen molar-refractivity contribution in [2.45, 2.75) is 26.7 Å². The van der Waals surface area contributed by atoms with E-state index < -0.39 is 0 Å². The molecule has 1 nitrogen and oxygen atoms in total. The highest BCUT2D eigenvalue weighted by atomic mass is 14.5. The van der Waals surface area contributed by atoms with Gasteiger partial charge in [-0.25, -0.2) is 0 Å². The summed E-state index contributed by atoms with van der Waals surface area (Å²) in [6, 6.07) is 21.4. The molecule has 0 bridgehead atoms. The third kappa shape index (κ3) is 2.60. The van der Waals surface area contributed by atoms with E-state index in [2.05, 4.69) is 93.6 Å². The molecule has 1 N–H and O–H groups in total. The van der Waals surface area contributed by atoms with Crippen molar-refractivity contribution in [1.82, 2.24) is 0 Å². The van der Waals surface area contributed by atoms with Crippen LogP contribution in [0.1, 0.15) is 48.9 Å². The van der Waals surface area contributed by atoms with Crippen molar-refractivity contribution in [3.63, 3.8) is 0 Å². The number of fused-ring (bicyclic) bond motifs is 2. The van der Waals surface area contributed by atoms with Crippen molar-refractivity contribution in [3.05, 3.63) is 89.0 Å². The lowest BCUT2D eigenvalue weighted by atomic mass is 9.78. The molecule has 0 fully saturated rings. The van der Waals surface area contributed by atoms with Crippen molar-refractivity contribution < 1.29 is 0 Å². The van der Waals surface area contributed by atoms with E-state index in [1.54, 1.807) is 0 Å². The van der Waals surface area contributed by atoms with Crippen molar-refractivity contribution in [1.29, 1.82) is 5.41 Å². The first-order valence-corrected chi connectivity index (χ1v) is 8.85. The van der Waals surface area contributed by atoms with Gasteiger partial charge in [-0.2, -0.15) is 0 Å². The lowest BCUT2D eigenvalue weighted by Crippen LogP contribution is -2.22. The quantitative estimate of drug-likeness (QED) is 0.526. The fourth-order valence-electron chi connectivity index (χ4n) is 3.72. The van der Waals surface area contributed by atoms with Gasteiger partial charge >= 0.3 is 0 Å². The molecule has 25 heavy (non-hydrogen) atoms. The first kappa shape index (κ1) is 15.8. The normalized spacial score (nSPS) is 16.2. The largest absolute Gasteiger partial charge is 0.304 e. The summed E-state index contributed by atoms with van der Waals surface area (Å²) >= 11 is 0. The summed E-state index contributed by atoms with van der Waals surface area (Å²) in [7, 11) is 0. The van der Waals surface area contributed by atoms with Crippen molar-refractivity contribution >= 4 is 22.6 Å². The van der Waals surface area contributed by atoms with Gasteiger partial charge in [-0.05, 0) is 27.5 Å². The molecule has 1 atom stereocenters. The van der Waals surface area contributed by atoms with E-state index in [1.807, 2.05) is 0 Å². The zero-order chi connectivity index (χ0) is 17.6. The summed E-state index contributed by atoms with van der Waals surface area (Å²) in [5, 5.41) is 11.3. The van der Waals surface area contributed by atoms with E-state index in [4.69, 9.17) is 5.41 Å². The van der Waals surface area contributed by atoms with E-state index in [1.165, 1.54) is 27.5 Å². The van der Waals surface area contributed by atoms with Crippen LogP contribution in [-0.2, 0) is 0 Å². The van der Waals surface area contributed by atoms with E-state index in [0.717, 1.165) is 5.56 Å². The second-order valence-corrected chi connectivity index (χ2v) is 7.84. The van der Waals surface area contributed by atoms with Gasteiger partial charge in [-0.3, -0.25) is 0 Å². The smallest absolute Gasteiger partial charge is 0.0448 e. The topological polar surface area (TPSA) is 23.9 Å². The molecule has 1 aliphatic carbocycles. The predicted molar refractivity (Wildman–Crippen MR) is 108 cm³/mol. The highest BCUT2D eigenvalue weighted by Crippen LogP contribution is 2.40. The van der Waals surface area contributed by atoms with Crippen LogP contribution >= 0.6 is 0 Å². The van der Waals surface area contributed by atoms with Gasteiger partial charge in [-0.15, -0.1) is 0 Å². The van der Waals surface area contributed by atoms with Crippen LogP contribution in [0.3, 0.4) is 0 Å². The van der Waals surface area contributed by atoms with E-state index >= 15 is 0 Å². The Morgan fingerprint density at radius 3 is 2.36 bits per heavy atom. The molecule has 1 unspecified atom stereocenters. The highest BCUT2D eigenvalue weighted by Gasteiger charge is 2.28. The van der Waals surface area contributed by atoms with Crippen LogP contribution in [-0.4, -0.2) is 5.71 Å². The van der Waals surface area contributed by atoms with Crippen LogP contribution in [0.4, 0.5) is 0 Å². The number of rotatable bonds is 2. The molecular weight excluding hydrogens is 302 g/mol. The molecular formula is C24H23N. The zero-order valence-electron chi connectivity index (χ0n) is 15.0. The summed E-state index contributed by atoms with van der Waals surface area (Å²) in [4.78, 5) is 0. The minimum atomic E-state index is -0.194. The lowest BCUT2D eigenvalue weighted by Gasteiger charge is -2.26. The number of benzene rings is 3. The first-order chi connectivity index (χ1) is 12.0. The Labute approximate surface area is 149 Å². The molecule has 0 radical (unpaired) electrons.